The van der Waals surface area contributed by atoms with Crippen LogP contribution >= 0.6 is 11.3 Å². The van der Waals surface area contributed by atoms with E-state index in [1.165, 1.54) is 4.70 Å². The van der Waals surface area contributed by atoms with Crippen LogP contribution in [-0.2, 0) is 0 Å². The molecule has 3 aromatic heterocycles. The lowest BCUT2D eigenvalue weighted by Gasteiger charge is -2.34. The predicted octanol–water partition coefficient (Wildman–Crippen LogP) is 3.15. The zero-order chi connectivity index (χ0) is 17.9. The van der Waals surface area contributed by atoms with Crippen molar-refractivity contribution in [3.8, 4) is 0 Å². The Kier molecular flexibility index (Phi) is 5.19. The van der Waals surface area contributed by atoms with Crippen LogP contribution in [-0.4, -0.2) is 54.6 Å². The molecule has 3 aromatic rings. The molecule has 1 fully saturated rings. The molecule has 6 nitrogen and oxygen atoms in total. The van der Waals surface area contributed by atoms with Crippen molar-refractivity contribution in [3.63, 3.8) is 0 Å². The number of rotatable bonds is 6. The summed E-state index contributed by atoms with van der Waals surface area (Å²) >= 11 is 1.73. The summed E-state index contributed by atoms with van der Waals surface area (Å²) in [7, 11) is 4.19. The lowest BCUT2D eigenvalue weighted by Crippen LogP contribution is -2.45. The number of anilines is 1. The van der Waals surface area contributed by atoms with Crippen LogP contribution in [0.3, 0.4) is 0 Å². The van der Waals surface area contributed by atoms with Crippen LogP contribution in [0.15, 0.2) is 40.6 Å². The second-order valence-corrected chi connectivity index (χ2v) is 7.91. The fraction of sp³-hybridized carbons (Fsp3) is 0.474. The highest BCUT2D eigenvalue weighted by Crippen LogP contribution is 2.29. The highest BCUT2D eigenvalue weighted by atomic mass is 32.1. The number of hydrogen-bond acceptors (Lipinski definition) is 7. The molecule has 0 amide bonds. The molecule has 1 saturated heterocycles. The second-order valence-electron chi connectivity index (χ2n) is 7.00. The largest absolute Gasteiger partial charge is 0.468 e. The third-order valence-electron chi connectivity index (χ3n) is 5.11. The van der Waals surface area contributed by atoms with Crippen molar-refractivity contribution in [3.05, 3.63) is 41.9 Å². The maximum absolute atomic E-state index is 5.60. The molecule has 0 bridgehead atoms. The normalized spacial score (nSPS) is 17.3. The van der Waals surface area contributed by atoms with Gasteiger partial charge in [-0.3, -0.25) is 4.90 Å². The Balaban J connectivity index is 1.34. The molecule has 4 heterocycles. The first-order valence-electron chi connectivity index (χ1n) is 9.08. The number of aromatic nitrogens is 2. The minimum absolute atomic E-state index is 0.260. The Morgan fingerprint density at radius 1 is 1.31 bits per heavy atom. The fourth-order valence-electron chi connectivity index (χ4n) is 3.59. The van der Waals surface area contributed by atoms with Gasteiger partial charge >= 0.3 is 0 Å². The summed E-state index contributed by atoms with van der Waals surface area (Å²) < 4.78 is 6.80. The second kappa shape index (κ2) is 7.73. The number of nitrogens with one attached hydrogen (secondary N) is 1. The summed E-state index contributed by atoms with van der Waals surface area (Å²) in [6, 6.07) is 6.86. The Labute approximate surface area is 157 Å². The molecule has 138 valence electrons. The Bertz CT molecular complexity index is 823. The van der Waals surface area contributed by atoms with Gasteiger partial charge in [-0.15, -0.1) is 11.3 Å². The van der Waals surface area contributed by atoms with Crippen molar-refractivity contribution in [1.29, 1.82) is 0 Å². The Morgan fingerprint density at radius 3 is 2.88 bits per heavy atom. The maximum Gasteiger partial charge on any atom is 0.150 e. The van der Waals surface area contributed by atoms with Crippen LogP contribution < -0.4 is 10.2 Å². The van der Waals surface area contributed by atoms with Gasteiger partial charge in [0.25, 0.3) is 0 Å². The molecule has 0 saturated carbocycles. The maximum atomic E-state index is 5.60. The summed E-state index contributed by atoms with van der Waals surface area (Å²) in [5, 5.41) is 5.83. The van der Waals surface area contributed by atoms with Crippen LogP contribution in [0.1, 0.15) is 24.6 Å². The van der Waals surface area contributed by atoms with E-state index < -0.39 is 0 Å². The number of nitrogens with zero attached hydrogens (tertiary/aromatic N) is 4. The number of hydrogen-bond donors (Lipinski definition) is 1. The summed E-state index contributed by atoms with van der Waals surface area (Å²) in [5.74, 6) is 2.10. The van der Waals surface area contributed by atoms with Crippen molar-refractivity contribution >= 4 is 27.4 Å². The molecule has 4 rings (SSSR count). The first-order valence-corrected chi connectivity index (χ1v) is 9.96. The van der Waals surface area contributed by atoms with Crippen molar-refractivity contribution in [1.82, 2.24) is 20.2 Å². The molecule has 0 aliphatic carbocycles. The van der Waals surface area contributed by atoms with Crippen LogP contribution in [0.4, 0.5) is 5.82 Å². The molecule has 1 aliphatic rings. The van der Waals surface area contributed by atoms with E-state index in [2.05, 4.69) is 56.7 Å². The Morgan fingerprint density at radius 2 is 2.15 bits per heavy atom. The van der Waals surface area contributed by atoms with Gasteiger partial charge in [0.15, 0.2) is 0 Å². The first-order chi connectivity index (χ1) is 12.7. The van der Waals surface area contributed by atoms with Gasteiger partial charge in [-0.25, -0.2) is 9.97 Å². The average Bonchev–Trinajstić information content (AvgIpc) is 3.34. The van der Waals surface area contributed by atoms with E-state index in [4.69, 9.17) is 4.42 Å². The van der Waals surface area contributed by atoms with Crippen molar-refractivity contribution < 1.29 is 4.42 Å². The molecular formula is C19H25N5OS. The Hall–Kier alpha value is -1.96. The quantitative estimate of drug-likeness (QED) is 0.718. The van der Waals surface area contributed by atoms with E-state index in [1.807, 2.05) is 6.07 Å². The van der Waals surface area contributed by atoms with Gasteiger partial charge in [0.05, 0.1) is 22.5 Å². The number of fused-ring (bicyclic) bond motifs is 1. The van der Waals surface area contributed by atoms with Crippen molar-refractivity contribution in [2.75, 3.05) is 38.6 Å². The van der Waals surface area contributed by atoms with E-state index >= 15 is 0 Å². The number of furan rings is 1. The van der Waals surface area contributed by atoms with Gasteiger partial charge in [-0.1, -0.05) is 0 Å². The van der Waals surface area contributed by atoms with Gasteiger partial charge in [0.1, 0.15) is 17.9 Å². The zero-order valence-electron chi connectivity index (χ0n) is 15.3. The van der Waals surface area contributed by atoms with E-state index in [9.17, 15) is 0 Å². The minimum atomic E-state index is 0.260. The SMILES string of the molecule is CN(C)[C@@H](CNC1CCN(c2ncnc3ccsc23)CC1)c1ccco1. The van der Waals surface area contributed by atoms with Crippen LogP contribution in [0.5, 0.6) is 0 Å². The standard InChI is InChI=1S/C19H25N5OS/c1-23(2)16(17-4-3-10-25-17)12-20-14-5-8-24(9-6-14)19-18-15(7-11-26-18)21-13-22-19/h3-4,7,10-11,13-14,16,20H,5-6,8-9,12H2,1-2H3/t16-/m0/s1. The van der Waals surface area contributed by atoms with Gasteiger partial charge in [-0.05, 0) is 50.5 Å². The minimum Gasteiger partial charge on any atom is -0.468 e. The first kappa shape index (κ1) is 17.5. The molecule has 0 aromatic carbocycles. The molecule has 1 aliphatic heterocycles. The zero-order valence-corrected chi connectivity index (χ0v) is 16.1. The van der Waals surface area contributed by atoms with E-state index in [0.717, 1.165) is 49.6 Å². The summed E-state index contributed by atoms with van der Waals surface area (Å²) in [6.07, 6.45) is 5.67. The topological polar surface area (TPSA) is 57.4 Å². The van der Waals surface area contributed by atoms with Gasteiger partial charge in [-0.2, -0.15) is 0 Å². The average molecular weight is 372 g/mol. The third kappa shape index (κ3) is 3.60. The smallest absolute Gasteiger partial charge is 0.150 e. The number of likely N-dealkylation sites (N-methyl/N-ethyl adjacent to an activating group) is 1. The molecule has 0 radical (unpaired) electrons. The summed E-state index contributed by atoms with van der Waals surface area (Å²) in [4.78, 5) is 13.5. The predicted molar refractivity (Wildman–Crippen MR) is 106 cm³/mol. The van der Waals surface area contributed by atoms with Gasteiger partial charge in [0, 0.05) is 25.7 Å². The van der Waals surface area contributed by atoms with Crippen molar-refractivity contribution in [2.45, 2.75) is 24.9 Å². The monoisotopic (exact) mass is 371 g/mol. The summed E-state index contributed by atoms with van der Waals surface area (Å²) in [5.41, 5.74) is 1.05. The lowest BCUT2D eigenvalue weighted by molar-refractivity contribution is 0.238. The molecular weight excluding hydrogens is 346 g/mol. The van der Waals surface area contributed by atoms with E-state index in [1.54, 1.807) is 23.9 Å². The van der Waals surface area contributed by atoms with Gasteiger partial charge < -0.3 is 14.6 Å². The molecule has 26 heavy (non-hydrogen) atoms. The van der Waals surface area contributed by atoms with Crippen LogP contribution in [0, 0.1) is 0 Å². The molecule has 1 atom stereocenters. The highest BCUT2D eigenvalue weighted by molar-refractivity contribution is 7.17. The molecule has 7 heteroatoms. The fourth-order valence-corrected chi connectivity index (χ4v) is 4.46. The van der Waals surface area contributed by atoms with E-state index in [0.29, 0.717) is 6.04 Å². The molecule has 0 spiro atoms. The van der Waals surface area contributed by atoms with Gasteiger partial charge in [0.2, 0.25) is 0 Å². The van der Waals surface area contributed by atoms with Crippen molar-refractivity contribution in [2.24, 2.45) is 0 Å². The number of thiophene rings is 1. The third-order valence-corrected chi connectivity index (χ3v) is 6.01. The van der Waals surface area contributed by atoms with E-state index in [-0.39, 0.29) is 6.04 Å². The molecule has 1 N–H and O–H groups in total. The highest BCUT2D eigenvalue weighted by Gasteiger charge is 2.24. The van der Waals surface area contributed by atoms with Crippen LogP contribution in [0.25, 0.3) is 10.2 Å². The lowest BCUT2D eigenvalue weighted by atomic mass is 10.0. The number of piperidine rings is 1. The summed E-state index contributed by atoms with van der Waals surface area (Å²) in [6.45, 7) is 2.94. The van der Waals surface area contributed by atoms with Crippen LogP contribution in [0.2, 0.25) is 0 Å². The molecule has 0 unspecified atom stereocenters.